The van der Waals surface area contributed by atoms with E-state index in [-0.39, 0.29) is 29.7 Å². The van der Waals surface area contributed by atoms with Crippen molar-refractivity contribution in [3.8, 4) is 0 Å². The molecule has 0 aromatic heterocycles. The first-order valence-corrected chi connectivity index (χ1v) is 7.31. The number of nitrogens with one attached hydrogen (secondary N) is 2. The SMILES string of the molecule is CC(N)CCCC(C)C(=O)NCCNC(=O)C1CC1. The lowest BCUT2D eigenvalue weighted by atomic mass is 10.0. The van der Waals surface area contributed by atoms with E-state index >= 15 is 0 Å². The molecule has 5 nitrogen and oxygen atoms in total. The molecule has 0 spiro atoms. The van der Waals surface area contributed by atoms with Crippen molar-refractivity contribution < 1.29 is 9.59 Å². The zero-order valence-electron chi connectivity index (χ0n) is 12.1. The van der Waals surface area contributed by atoms with Gasteiger partial charge >= 0.3 is 0 Å². The van der Waals surface area contributed by atoms with Gasteiger partial charge in [-0.3, -0.25) is 9.59 Å². The van der Waals surface area contributed by atoms with Gasteiger partial charge < -0.3 is 16.4 Å². The van der Waals surface area contributed by atoms with Gasteiger partial charge in [-0.1, -0.05) is 13.3 Å². The molecule has 0 bridgehead atoms. The Morgan fingerprint density at radius 3 is 2.37 bits per heavy atom. The maximum Gasteiger partial charge on any atom is 0.223 e. The summed E-state index contributed by atoms with van der Waals surface area (Å²) in [6.45, 7) is 4.94. The summed E-state index contributed by atoms with van der Waals surface area (Å²) in [5.74, 6) is 0.426. The summed E-state index contributed by atoms with van der Waals surface area (Å²) in [6.07, 6.45) is 4.81. The van der Waals surface area contributed by atoms with Gasteiger partial charge in [0.1, 0.15) is 0 Å². The fourth-order valence-corrected chi connectivity index (χ4v) is 1.91. The largest absolute Gasteiger partial charge is 0.354 e. The molecule has 0 aromatic carbocycles. The highest BCUT2D eigenvalue weighted by Crippen LogP contribution is 2.28. The number of amides is 2. The maximum absolute atomic E-state index is 11.8. The Labute approximate surface area is 115 Å². The van der Waals surface area contributed by atoms with Gasteiger partial charge in [0.2, 0.25) is 11.8 Å². The lowest BCUT2D eigenvalue weighted by molar-refractivity contribution is -0.125. The summed E-state index contributed by atoms with van der Waals surface area (Å²) in [5, 5.41) is 5.68. The van der Waals surface area contributed by atoms with E-state index in [0.29, 0.717) is 13.1 Å². The van der Waals surface area contributed by atoms with Gasteiger partial charge in [-0.2, -0.15) is 0 Å². The molecule has 1 fully saturated rings. The second-order valence-electron chi connectivity index (χ2n) is 5.67. The smallest absolute Gasteiger partial charge is 0.223 e. The van der Waals surface area contributed by atoms with E-state index in [9.17, 15) is 9.59 Å². The number of hydrogen-bond acceptors (Lipinski definition) is 3. The molecule has 1 aliphatic carbocycles. The Kier molecular flexibility index (Phi) is 6.84. The molecule has 2 unspecified atom stereocenters. The number of nitrogens with two attached hydrogens (primary N) is 1. The predicted octanol–water partition coefficient (Wildman–Crippen LogP) is 0.782. The van der Waals surface area contributed by atoms with Crippen molar-refractivity contribution in [2.45, 2.75) is 52.0 Å². The van der Waals surface area contributed by atoms with Crippen LogP contribution < -0.4 is 16.4 Å². The van der Waals surface area contributed by atoms with E-state index in [0.717, 1.165) is 32.1 Å². The van der Waals surface area contributed by atoms with E-state index < -0.39 is 0 Å². The van der Waals surface area contributed by atoms with Crippen molar-refractivity contribution in [3.05, 3.63) is 0 Å². The Morgan fingerprint density at radius 2 is 1.79 bits per heavy atom. The Bertz CT molecular complexity index is 301. The van der Waals surface area contributed by atoms with Crippen molar-refractivity contribution in [1.82, 2.24) is 10.6 Å². The van der Waals surface area contributed by atoms with E-state index in [4.69, 9.17) is 5.73 Å². The molecule has 1 rings (SSSR count). The van der Waals surface area contributed by atoms with Crippen molar-refractivity contribution in [1.29, 1.82) is 0 Å². The minimum atomic E-state index is 0.0119. The summed E-state index contributed by atoms with van der Waals surface area (Å²) < 4.78 is 0. The first-order chi connectivity index (χ1) is 9.00. The average Bonchev–Trinajstić information content (AvgIpc) is 3.17. The second kappa shape index (κ2) is 8.15. The fraction of sp³-hybridized carbons (Fsp3) is 0.857. The minimum Gasteiger partial charge on any atom is -0.354 e. The standard InChI is InChI=1S/C14H27N3O2/c1-10(4-3-5-11(2)15)13(18)16-8-9-17-14(19)12-6-7-12/h10-12H,3-9,15H2,1-2H3,(H,16,18)(H,17,19). The highest BCUT2D eigenvalue weighted by molar-refractivity contribution is 5.81. The fourth-order valence-electron chi connectivity index (χ4n) is 1.91. The maximum atomic E-state index is 11.8. The molecule has 2 atom stereocenters. The summed E-state index contributed by atoms with van der Waals surface area (Å²) in [6, 6.07) is 0.202. The van der Waals surface area contributed by atoms with Gasteiger partial charge in [0.05, 0.1) is 0 Å². The number of hydrogen-bond donors (Lipinski definition) is 3. The first-order valence-electron chi connectivity index (χ1n) is 7.31. The van der Waals surface area contributed by atoms with Gasteiger partial charge in [-0.25, -0.2) is 0 Å². The summed E-state index contributed by atoms with van der Waals surface area (Å²) in [5.41, 5.74) is 5.67. The van der Waals surface area contributed by atoms with Gasteiger partial charge in [0.25, 0.3) is 0 Å². The van der Waals surface area contributed by atoms with Gasteiger partial charge in [-0.05, 0) is 32.6 Å². The van der Waals surface area contributed by atoms with Crippen LogP contribution in [0.2, 0.25) is 0 Å². The monoisotopic (exact) mass is 269 g/mol. The van der Waals surface area contributed by atoms with Crippen LogP contribution in [0, 0.1) is 11.8 Å². The lowest BCUT2D eigenvalue weighted by Gasteiger charge is -2.13. The van der Waals surface area contributed by atoms with Gasteiger partial charge in [-0.15, -0.1) is 0 Å². The Hall–Kier alpha value is -1.10. The summed E-state index contributed by atoms with van der Waals surface area (Å²) >= 11 is 0. The third kappa shape index (κ3) is 7.15. The molecule has 4 N–H and O–H groups in total. The molecule has 1 saturated carbocycles. The summed E-state index contributed by atoms with van der Waals surface area (Å²) in [7, 11) is 0. The highest BCUT2D eigenvalue weighted by atomic mass is 16.2. The van der Waals surface area contributed by atoms with Crippen LogP contribution in [-0.4, -0.2) is 30.9 Å². The van der Waals surface area contributed by atoms with Crippen molar-refractivity contribution in [2.75, 3.05) is 13.1 Å². The molecule has 1 aliphatic rings. The van der Waals surface area contributed by atoms with Gasteiger partial charge in [0, 0.05) is 31.0 Å². The van der Waals surface area contributed by atoms with E-state index in [1.165, 1.54) is 0 Å². The number of carbonyl (C=O) groups excluding carboxylic acids is 2. The molecule has 0 saturated heterocycles. The third-order valence-corrected chi connectivity index (χ3v) is 3.42. The Balaban J connectivity index is 2.00. The zero-order valence-corrected chi connectivity index (χ0v) is 12.1. The first kappa shape index (κ1) is 16.0. The molecular formula is C14H27N3O2. The molecular weight excluding hydrogens is 242 g/mol. The van der Waals surface area contributed by atoms with E-state index in [1.54, 1.807) is 0 Å². The minimum absolute atomic E-state index is 0.0119. The lowest BCUT2D eigenvalue weighted by Crippen LogP contribution is -2.37. The van der Waals surface area contributed by atoms with Crippen LogP contribution in [0.15, 0.2) is 0 Å². The zero-order chi connectivity index (χ0) is 14.3. The van der Waals surface area contributed by atoms with Crippen LogP contribution in [0.1, 0.15) is 46.0 Å². The number of carbonyl (C=O) groups is 2. The van der Waals surface area contributed by atoms with Crippen LogP contribution in [0.5, 0.6) is 0 Å². The van der Waals surface area contributed by atoms with Crippen LogP contribution in [0.25, 0.3) is 0 Å². The summed E-state index contributed by atoms with van der Waals surface area (Å²) in [4.78, 5) is 23.1. The van der Waals surface area contributed by atoms with E-state index in [2.05, 4.69) is 10.6 Å². The second-order valence-corrected chi connectivity index (χ2v) is 5.67. The molecule has 0 heterocycles. The quantitative estimate of drug-likeness (QED) is 0.541. The predicted molar refractivity (Wildman–Crippen MR) is 75.4 cm³/mol. The molecule has 0 radical (unpaired) electrons. The van der Waals surface area contributed by atoms with Crippen LogP contribution in [0.4, 0.5) is 0 Å². The van der Waals surface area contributed by atoms with Crippen LogP contribution in [0.3, 0.4) is 0 Å². The molecule has 19 heavy (non-hydrogen) atoms. The van der Waals surface area contributed by atoms with Crippen molar-refractivity contribution in [2.24, 2.45) is 17.6 Å². The van der Waals surface area contributed by atoms with E-state index in [1.807, 2.05) is 13.8 Å². The molecule has 0 aliphatic heterocycles. The molecule has 2 amide bonds. The molecule has 110 valence electrons. The normalized spacial score (nSPS) is 17.6. The Morgan fingerprint density at radius 1 is 1.16 bits per heavy atom. The number of rotatable bonds is 9. The van der Waals surface area contributed by atoms with Crippen molar-refractivity contribution >= 4 is 11.8 Å². The highest BCUT2D eigenvalue weighted by Gasteiger charge is 2.29. The van der Waals surface area contributed by atoms with Gasteiger partial charge in [0.15, 0.2) is 0 Å². The van der Waals surface area contributed by atoms with Crippen LogP contribution in [-0.2, 0) is 9.59 Å². The molecule has 5 heteroatoms. The average molecular weight is 269 g/mol. The van der Waals surface area contributed by atoms with Crippen LogP contribution >= 0.6 is 0 Å². The topological polar surface area (TPSA) is 84.2 Å². The third-order valence-electron chi connectivity index (χ3n) is 3.42. The van der Waals surface area contributed by atoms with Crippen molar-refractivity contribution in [3.63, 3.8) is 0 Å². The molecule has 0 aromatic rings.